The van der Waals surface area contributed by atoms with Gasteiger partial charge in [0.2, 0.25) is 5.91 Å². The molecule has 0 fully saturated rings. The van der Waals surface area contributed by atoms with E-state index in [1.807, 2.05) is 0 Å². The van der Waals surface area contributed by atoms with Gasteiger partial charge in [0.05, 0.1) is 6.54 Å². The fourth-order valence-electron chi connectivity index (χ4n) is 0.501. The van der Waals surface area contributed by atoms with Crippen molar-refractivity contribution in [3.63, 3.8) is 0 Å². The molecule has 0 aliphatic rings. The standard InChI is InChI=1S/C6H12N3O2.K/c1-2-8-6(11)4-9-5(10)3-7;/h7H,2-4H2,1H3,(H,8,11)(H,9,10);/q-1;+1. The molecule has 0 aromatic heterocycles. The number of hydrogen-bond donors (Lipinski definition) is 2. The first-order valence-corrected chi connectivity index (χ1v) is 3.38. The second-order valence-electron chi connectivity index (χ2n) is 1.91. The van der Waals surface area contributed by atoms with E-state index in [1.54, 1.807) is 6.92 Å². The Balaban J connectivity index is 0. The van der Waals surface area contributed by atoms with E-state index in [4.69, 9.17) is 5.73 Å². The molecule has 0 rings (SSSR count). The number of likely N-dealkylation sites (N-methyl/N-ethyl adjacent to an activating group) is 1. The molecule has 0 aliphatic heterocycles. The summed E-state index contributed by atoms with van der Waals surface area (Å²) in [5, 5.41) is 4.79. The third-order valence-electron chi connectivity index (χ3n) is 0.981. The summed E-state index contributed by atoms with van der Waals surface area (Å²) in [6, 6.07) is 0. The summed E-state index contributed by atoms with van der Waals surface area (Å²) in [5.41, 5.74) is 6.61. The molecule has 64 valence electrons. The van der Waals surface area contributed by atoms with E-state index < -0.39 is 5.91 Å². The number of hydrogen-bond acceptors (Lipinski definition) is 2. The maximum absolute atomic E-state index is 10.7. The Morgan fingerprint density at radius 2 is 1.83 bits per heavy atom. The van der Waals surface area contributed by atoms with Gasteiger partial charge in [-0.25, -0.2) is 0 Å². The molecule has 6 heteroatoms. The first-order chi connectivity index (χ1) is 5.20. The summed E-state index contributed by atoms with van der Waals surface area (Å²) in [4.78, 5) is 21.1. The topological polar surface area (TPSA) is 82.0 Å². The molecule has 3 N–H and O–H groups in total. The summed E-state index contributed by atoms with van der Waals surface area (Å²) in [6.45, 7) is 1.98. The van der Waals surface area contributed by atoms with E-state index in [9.17, 15) is 9.59 Å². The molecule has 0 heterocycles. The van der Waals surface area contributed by atoms with Crippen molar-refractivity contribution in [3.8, 4) is 0 Å². The molecule has 0 aromatic rings. The van der Waals surface area contributed by atoms with Crippen LogP contribution < -0.4 is 62.0 Å². The zero-order valence-corrected chi connectivity index (χ0v) is 10.6. The first kappa shape index (κ1) is 15.0. The minimum Gasteiger partial charge on any atom is -0.670 e. The minimum atomic E-state index is -0.434. The van der Waals surface area contributed by atoms with Crippen molar-refractivity contribution in [2.24, 2.45) is 0 Å². The summed E-state index contributed by atoms with van der Waals surface area (Å²) < 4.78 is 0. The molecule has 0 saturated carbocycles. The molecule has 12 heavy (non-hydrogen) atoms. The normalized spacial score (nSPS) is 8.17. The second kappa shape index (κ2) is 9.62. The molecular formula is C6H12KN3O2. The van der Waals surface area contributed by atoms with Gasteiger partial charge in [-0.1, -0.05) is 6.54 Å². The molecule has 0 bridgehead atoms. The van der Waals surface area contributed by atoms with Gasteiger partial charge < -0.3 is 16.4 Å². The number of amides is 2. The van der Waals surface area contributed by atoms with Gasteiger partial charge in [-0.15, -0.1) is 0 Å². The smallest absolute Gasteiger partial charge is 0.670 e. The maximum Gasteiger partial charge on any atom is 1.00 e. The van der Waals surface area contributed by atoms with Gasteiger partial charge >= 0.3 is 51.4 Å². The largest absolute Gasteiger partial charge is 1.00 e. The monoisotopic (exact) mass is 197 g/mol. The summed E-state index contributed by atoms with van der Waals surface area (Å²) in [6.07, 6.45) is 0. The predicted molar refractivity (Wildman–Crippen MR) is 40.9 cm³/mol. The van der Waals surface area contributed by atoms with Crippen LogP contribution in [0.1, 0.15) is 6.92 Å². The van der Waals surface area contributed by atoms with Crippen LogP contribution in [-0.4, -0.2) is 31.4 Å². The zero-order chi connectivity index (χ0) is 8.69. The molecular weight excluding hydrogens is 185 g/mol. The Morgan fingerprint density at radius 1 is 1.25 bits per heavy atom. The number of nitrogens with one attached hydrogen (secondary N) is 3. The summed E-state index contributed by atoms with van der Waals surface area (Å²) in [5.74, 6) is -0.662. The van der Waals surface area contributed by atoms with Crippen LogP contribution >= 0.6 is 0 Å². The Hall–Kier alpha value is 0.536. The second-order valence-corrected chi connectivity index (χ2v) is 1.91. The van der Waals surface area contributed by atoms with Gasteiger partial charge in [-0.3, -0.25) is 9.59 Å². The number of carbonyl (C=O) groups is 2. The van der Waals surface area contributed by atoms with Gasteiger partial charge in [0, 0.05) is 6.54 Å². The minimum absolute atomic E-state index is 0. The van der Waals surface area contributed by atoms with Crippen molar-refractivity contribution in [2.75, 3.05) is 19.6 Å². The van der Waals surface area contributed by atoms with Gasteiger partial charge in [-0.2, -0.15) is 0 Å². The van der Waals surface area contributed by atoms with E-state index in [0.717, 1.165) is 0 Å². The van der Waals surface area contributed by atoms with Crippen LogP contribution in [0.25, 0.3) is 5.73 Å². The Kier molecular flexibility index (Phi) is 12.1. The van der Waals surface area contributed by atoms with E-state index in [0.29, 0.717) is 6.54 Å². The van der Waals surface area contributed by atoms with Crippen molar-refractivity contribution >= 4 is 11.8 Å². The van der Waals surface area contributed by atoms with Crippen LogP contribution in [0.5, 0.6) is 0 Å². The van der Waals surface area contributed by atoms with Crippen LogP contribution in [-0.2, 0) is 9.59 Å². The third-order valence-corrected chi connectivity index (χ3v) is 0.981. The maximum atomic E-state index is 10.7. The van der Waals surface area contributed by atoms with E-state index in [1.165, 1.54) is 0 Å². The SMILES string of the molecule is CCNC(=O)CNC(=O)C[NH-].[K+]. The summed E-state index contributed by atoms with van der Waals surface area (Å²) in [7, 11) is 0. The van der Waals surface area contributed by atoms with Gasteiger partial charge in [0.25, 0.3) is 0 Å². The van der Waals surface area contributed by atoms with Gasteiger partial charge in [-0.05, 0) is 6.92 Å². The number of rotatable bonds is 4. The Bertz CT molecular complexity index is 152. The fraction of sp³-hybridized carbons (Fsp3) is 0.667. The summed E-state index contributed by atoms with van der Waals surface area (Å²) >= 11 is 0. The van der Waals surface area contributed by atoms with Crippen molar-refractivity contribution < 1.29 is 61.0 Å². The quantitative estimate of drug-likeness (QED) is 0.455. The molecule has 0 saturated heterocycles. The molecule has 2 amide bonds. The molecule has 0 aromatic carbocycles. The Labute approximate surface area is 114 Å². The van der Waals surface area contributed by atoms with Crippen molar-refractivity contribution in [2.45, 2.75) is 6.92 Å². The Morgan fingerprint density at radius 3 is 2.25 bits per heavy atom. The van der Waals surface area contributed by atoms with Gasteiger partial charge in [0.1, 0.15) is 0 Å². The first-order valence-electron chi connectivity index (χ1n) is 3.38. The molecule has 0 unspecified atom stereocenters. The van der Waals surface area contributed by atoms with Crippen LogP contribution in [0.3, 0.4) is 0 Å². The molecule has 0 radical (unpaired) electrons. The van der Waals surface area contributed by atoms with E-state index >= 15 is 0 Å². The van der Waals surface area contributed by atoms with Crippen molar-refractivity contribution in [1.82, 2.24) is 10.6 Å². The van der Waals surface area contributed by atoms with Crippen LogP contribution in [0, 0.1) is 0 Å². The average molecular weight is 197 g/mol. The molecule has 0 aliphatic carbocycles. The van der Waals surface area contributed by atoms with Crippen molar-refractivity contribution in [3.05, 3.63) is 5.73 Å². The van der Waals surface area contributed by atoms with Crippen LogP contribution in [0.15, 0.2) is 0 Å². The average Bonchev–Trinajstić information content (AvgIpc) is 2.01. The molecule has 0 spiro atoms. The molecule has 0 atom stereocenters. The van der Waals surface area contributed by atoms with Crippen molar-refractivity contribution in [1.29, 1.82) is 0 Å². The molecule has 5 nitrogen and oxygen atoms in total. The van der Waals surface area contributed by atoms with Crippen LogP contribution in [0.4, 0.5) is 0 Å². The zero-order valence-electron chi connectivity index (χ0n) is 7.44. The van der Waals surface area contributed by atoms with Crippen LogP contribution in [0.2, 0.25) is 0 Å². The van der Waals surface area contributed by atoms with Gasteiger partial charge in [0.15, 0.2) is 5.91 Å². The predicted octanol–water partition coefficient (Wildman–Crippen LogP) is -3.71. The van der Waals surface area contributed by atoms with E-state index in [2.05, 4.69) is 10.6 Å². The number of carbonyl (C=O) groups excluding carboxylic acids is 2. The third kappa shape index (κ3) is 8.63. The van der Waals surface area contributed by atoms with E-state index in [-0.39, 0.29) is 70.4 Å². The fourth-order valence-corrected chi connectivity index (χ4v) is 0.501.